The molecule has 3 aromatic rings. The number of hydrogen-bond acceptors (Lipinski definition) is 6. The van der Waals surface area contributed by atoms with Gasteiger partial charge in [0.25, 0.3) is 11.3 Å². The summed E-state index contributed by atoms with van der Waals surface area (Å²) in [5, 5.41) is 12.1. The third-order valence-corrected chi connectivity index (χ3v) is 4.22. The highest BCUT2D eigenvalue weighted by Crippen LogP contribution is 2.17. The van der Waals surface area contributed by atoms with Gasteiger partial charge in [-0.3, -0.25) is 14.6 Å². The molecule has 0 aliphatic heterocycles. The van der Waals surface area contributed by atoms with Gasteiger partial charge >= 0.3 is 0 Å². The molecule has 0 radical (unpaired) electrons. The monoisotopic (exact) mass is 315 g/mol. The van der Waals surface area contributed by atoms with Crippen molar-refractivity contribution in [2.75, 3.05) is 5.75 Å². The zero-order valence-electron chi connectivity index (χ0n) is 12.0. The number of rotatable bonds is 4. The van der Waals surface area contributed by atoms with Crippen LogP contribution in [0.4, 0.5) is 0 Å². The molecule has 0 saturated carbocycles. The predicted octanol–water partition coefficient (Wildman–Crippen LogP) is 1.40. The van der Waals surface area contributed by atoms with Crippen LogP contribution in [0.25, 0.3) is 5.78 Å². The number of benzene rings is 1. The van der Waals surface area contributed by atoms with Crippen LogP contribution in [0, 0.1) is 13.8 Å². The van der Waals surface area contributed by atoms with Crippen molar-refractivity contribution in [3.8, 4) is 0 Å². The number of thioether (sulfide) groups is 1. The second-order valence-corrected chi connectivity index (χ2v) is 5.81. The summed E-state index contributed by atoms with van der Waals surface area (Å²) in [6.07, 6.45) is 1.14. The van der Waals surface area contributed by atoms with Crippen LogP contribution >= 0.6 is 11.8 Å². The quantitative estimate of drug-likeness (QED) is 0.578. The van der Waals surface area contributed by atoms with E-state index >= 15 is 0 Å². The molecule has 1 N–H and O–H groups in total. The summed E-state index contributed by atoms with van der Waals surface area (Å²) in [6.45, 7) is 3.98. The minimum absolute atomic E-state index is 0.00859. The SMILES string of the molecule is Cc1ccc(C(=O)CSc2nnc3[nH]c(=O)cnn23)cc1C. The highest BCUT2D eigenvalue weighted by molar-refractivity contribution is 7.99. The second-order valence-electron chi connectivity index (χ2n) is 4.86. The van der Waals surface area contributed by atoms with Crippen LogP contribution in [0.3, 0.4) is 0 Å². The first-order valence-corrected chi connectivity index (χ1v) is 7.57. The fourth-order valence-electron chi connectivity index (χ4n) is 1.92. The Morgan fingerprint density at radius 3 is 2.86 bits per heavy atom. The Hall–Kier alpha value is -2.48. The molecule has 0 unspecified atom stereocenters. The van der Waals surface area contributed by atoms with Crippen molar-refractivity contribution < 1.29 is 4.79 Å². The topological polar surface area (TPSA) is 93.0 Å². The Bertz CT molecular complexity index is 915. The lowest BCUT2D eigenvalue weighted by atomic mass is 10.0. The van der Waals surface area contributed by atoms with Crippen LogP contribution < -0.4 is 5.56 Å². The van der Waals surface area contributed by atoms with Gasteiger partial charge in [0.1, 0.15) is 6.20 Å². The van der Waals surface area contributed by atoms with Crippen molar-refractivity contribution >= 4 is 23.3 Å². The van der Waals surface area contributed by atoms with Gasteiger partial charge in [-0.1, -0.05) is 23.9 Å². The van der Waals surface area contributed by atoms with Gasteiger partial charge in [-0.15, -0.1) is 10.2 Å². The molecule has 112 valence electrons. The summed E-state index contributed by atoms with van der Waals surface area (Å²) in [4.78, 5) is 25.9. The molecule has 1 aromatic carbocycles. The second kappa shape index (κ2) is 5.72. The minimum Gasteiger partial charge on any atom is -0.293 e. The average Bonchev–Trinajstić information content (AvgIpc) is 2.89. The lowest BCUT2D eigenvalue weighted by Gasteiger charge is -2.04. The number of Topliss-reactive ketones (excluding diaryl/α,β-unsaturated/α-hetero) is 1. The van der Waals surface area contributed by atoms with E-state index < -0.39 is 0 Å². The third kappa shape index (κ3) is 2.77. The lowest BCUT2D eigenvalue weighted by molar-refractivity contribution is 0.102. The average molecular weight is 315 g/mol. The number of nitrogens with one attached hydrogen (secondary N) is 1. The zero-order valence-corrected chi connectivity index (χ0v) is 12.8. The normalized spacial score (nSPS) is 11.0. The number of nitrogens with zero attached hydrogens (tertiary/aromatic N) is 4. The van der Waals surface area contributed by atoms with Crippen LogP contribution in [-0.4, -0.2) is 36.3 Å². The van der Waals surface area contributed by atoms with E-state index in [0.29, 0.717) is 10.7 Å². The van der Waals surface area contributed by atoms with E-state index in [0.717, 1.165) is 17.3 Å². The summed E-state index contributed by atoms with van der Waals surface area (Å²) >= 11 is 1.23. The standard InChI is InChI=1S/C14H13N5O2S/c1-8-3-4-10(5-9(8)2)11(20)7-22-14-18-17-13-16-12(21)6-15-19(13)14/h3-6H,7H2,1-2H3,(H,16,17,21). The zero-order chi connectivity index (χ0) is 15.7. The Morgan fingerprint density at radius 1 is 1.27 bits per heavy atom. The molecule has 0 atom stereocenters. The molecule has 22 heavy (non-hydrogen) atoms. The molecular formula is C14H13N5O2S. The molecule has 0 bridgehead atoms. The molecule has 2 heterocycles. The molecule has 0 amide bonds. The fraction of sp³-hybridized carbons (Fsp3) is 0.214. The number of aromatic nitrogens is 5. The molecule has 0 fully saturated rings. The number of aryl methyl sites for hydroxylation is 2. The molecule has 8 heteroatoms. The van der Waals surface area contributed by atoms with Gasteiger partial charge in [0.05, 0.1) is 5.75 Å². The van der Waals surface area contributed by atoms with Crippen LogP contribution in [0.2, 0.25) is 0 Å². The maximum absolute atomic E-state index is 12.2. The van der Waals surface area contributed by atoms with Crippen molar-refractivity contribution in [2.24, 2.45) is 0 Å². The van der Waals surface area contributed by atoms with Gasteiger partial charge in [0.2, 0.25) is 5.16 Å². The number of hydrogen-bond donors (Lipinski definition) is 1. The summed E-state index contributed by atoms with van der Waals surface area (Å²) < 4.78 is 1.40. The highest BCUT2D eigenvalue weighted by atomic mass is 32.2. The molecule has 2 aromatic heterocycles. The van der Waals surface area contributed by atoms with Gasteiger partial charge in [-0.25, -0.2) is 0 Å². The van der Waals surface area contributed by atoms with Gasteiger partial charge in [0.15, 0.2) is 5.78 Å². The van der Waals surface area contributed by atoms with E-state index in [1.807, 2.05) is 32.0 Å². The summed E-state index contributed by atoms with van der Waals surface area (Å²) in [7, 11) is 0. The molecule has 0 aliphatic carbocycles. The van der Waals surface area contributed by atoms with Crippen molar-refractivity contribution in [2.45, 2.75) is 19.0 Å². The molecule has 0 aliphatic rings. The van der Waals surface area contributed by atoms with Gasteiger partial charge in [-0.05, 0) is 31.0 Å². The van der Waals surface area contributed by atoms with Gasteiger partial charge in [-0.2, -0.15) is 9.61 Å². The molecule has 0 spiro atoms. The number of aromatic amines is 1. The van der Waals surface area contributed by atoms with Crippen LogP contribution in [0.15, 0.2) is 34.3 Å². The Kier molecular flexibility index (Phi) is 3.76. The maximum atomic E-state index is 12.2. The summed E-state index contributed by atoms with van der Waals surface area (Å²) in [6, 6.07) is 5.64. The number of ketones is 1. The van der Waals surface area contributed by atoms with Crippen LogP contribution in [-0.2, 0) is 0 Å². The van der Waals surface area contributed by atoms with E-state index in [-0.39, 0.29) is 22.9 Å². The molecule has 0 saturated heterocycles. The van der Waals surface area contributed by atoms with Crippen molar-refractivity contribution in [3.05, 3.63) is 51.4 Å². The summed E-state index contributed by atoms with van der Waals surface area (Å²) in [5.74, 6) is 0.493. The predicted molar refractivity (Wildman–Crippen MR) is 82.4 cm³/mol. The first-order valence-electron chi connectivity index (χ1n) is 6.58. The Morgan fingerprint density at radius 2 is 2.09 bits per heavy atom. The molecular weight excluding hydrogens is 302 g/mol. The van der Waals surface area contributed by atoms with Gasteiger partial charge in [0, 0.05) is 5.56 Å². The summed E-state index contributed by atoms with van der Waals surface area (Å²) in [5.41, 5.74) is 2.57. The van der Waals surface area contributed by atoms with Gasteiger partial charge < -0.3 is 0 Å². The highest BCUT2D eigenvalue weighted by Gasteiger charge is 2.12. The maximum Gasteiger partial charge on any atom is 0.271 e. The number of H-pyrrole nitrogens is 1. The number of fused-ring (bicyclic) bond motifs is 1. The first kappa shape index (κ1) is 14.5. The van der Waals surface area contributed by atoms with E-state index in [1.54, 1.807) is 0 Å². The van der Waals surface area contributed by atoms with E-state index in [9.17, 15) is 9.59 Å². The van der Waals surface area contributed by atoms with E-state index in [1.165, 1.54) is 16.3 Å². The van der Waals surface area contributed by atoms with Crippen LogP contribution in [0.1, 0.15) is 21.5 Å². The molecule has 3 rings (SSSR count). The molecule has 7 nitrogen and oxygen atoms in total. The number of carbonyl (C=O) groups excluding carboxylic acids is 1. The van der Waals surface area contributed by atoms with Crippen LogP contribution in [0.5, 0.6) is 0 Å². The number of carbonyl (C=O) groups is 1. The lowest BCUT2D eigenvalue weighted by Crippen LogP contribution is -2.10. The van der Waals surface area contributed by atoms with Crippen molar-refractivity contribution in [1.82, 2.24) is 24.8 Å². The third-order valence-electron chi connectivity index (χ3n) is 3.30. The van der Waals surface area contributed by atoms with Crippen molar-refractivity contribution in [1.29, 1.82) is 0 Å². The van der Waals surface area contributed by atoms with E-state index in [4.69, 9.17) is 0 Å². The Labute approximate surface area is 129 Å². The Balaban J connectivity index is 1.77. The van der Waals surface area contributed by atoms with Crippen molar-refractivity contribution in [3.63, 3.8) is 0 Å². The minimum atomic E-state index is -0.345. The smallest absolute Gasteiger partial charge is 0.271 e. The fourth-order valence-corrected chi connectivity index (χ4v) is 2.70. The van der Waals surface area contributed by atoms with E-state index in [2.05, 4.69) is 20.3 Å². The largest absolute Gasteiger partial charge is 0.293 e. The first-order chi connectivity index (χ1) is 10.5.